The number of hydrogen-bond acceptors (Lipinski definition) is 0. The fraction of sp³-hybridized carbons (Fsp3) is 0. The van der Waals surface area contributed by atoms with Crippen molar-refractivity contribution in [2.45, 2.75) is 0 Å². The second-order valence-electron chi connectivity index (χ2n) is 17.9. The molecule has 310 valence electrons. The van der Waals surface area contributed by atoms with Crippen LogP contribution in [0.5, 0.6) is 0 Å². The van der Waals surface area contributed by atoms with Crippen LogP contribution in [0.3, 0.4) is 0 Å². The fourth-order valence-electron chi connectivity index (χ4n) is 11.8. The molecule has 3 heterocycles. The monoisotopic (exact) mass is 914 g/mol. The van der Waals surface area contributed by atoms with Crippen molar-refractivity contribution in [1.29, 1.82) is 0 Å². The maximum absolute atomic E-state index is 2.53. The Morgan fingerprint density at radius 1 is 0.254 bits per heavy atom. The minimum atomic E-state index is 0.165. The van der Waals surface area contributed by atoms with Crippen molar-refractivity contribution in [2.75, 3.05) is 0 Å². The van der Waals surface area contributed by atoms with E-state index in [4.69, 9.17) is 0 Å². The SMILES string of the molecule is c1cc(-c2c3ccccc3c(-n3c4ccccc4c4ccccc43)c3ccccc23)c2c(c1)[se]c1ccc(-c3c4ccccc4c(-n4c5ccccc5c5ccccc54)c4ccccc34)cc12. The first-order valence-corrected chi connectivity index (χ1v) is 24.8. The van der Waals surface area contributed by atoms with E-state index >= 15 is 0 Å². The predicted octanol–water partition coefficient (Wildman–Crippen LogP) is 17.2. The maximum atomic E-state index is 2.53. The molecule has 0 amide bonds. The van der Waals surface area contributed by atoms with Gasteiger partial charge in [-0.1, -0.05) is 12.1 Å². The summed E-state index contributed by atoms with van der Waals surface area (Å²) in [5, 5.41) is 17.8. The second-order valence-corrected chi connectivity index (χ2v) is 20.1. The molecule has 15 rings (SSSR count). The first-order chi connectivity index (χ1) is 33.3. The molecule has 3 aromatic heterocycles. The topological polar surface area (TPSA) is 9.86 Å². The molecule has 0 bridgehead atoms. The van der Waals surface area contributed by atoms with Gasteiger partial charge in [0, 0.05) is 0 Å². The minimum absolute atomic E-state index is 0.165. The average molecular weight is 914 g/mol. The van der Waals surface area contributed by atoms with Crippen LogP contribution in [0, 0.1) is 0 Å². The molecule has 0 radical (unpaired) electrons. The summed E-state index contributed by atoms with van der Waals surface area (Å²) in [6.45, 7) is 0. The third-order valence-electron chi connectivity index (χ3n) is 14.5. The van der Waals surface area contributed by atoms with Gasteiger partial charge in [0.2, 0.25) is 0 Å². The molecule has 0 saturated carbocycles. The molecule has 12 aromatic carbocycles. The van der Waals surface area contributed by atoms with Crippen molar-refractivity contribution in [3.8, 4) is 33.6 Å². The second kappa shape index (κ2) is 14.1. The van der Waals surface area contributed by atoms with E-state index in [9.17, 15) is 0 Å². The standard InChI is InChI=1S/C64H38N2Se/c1-5-26-48-44(22-1)60(45-23-2-6-27-49(45)63(48)65-54-31-13-9-18-40(54)41-19-10-14-32-55(41)65)39-36-37-58-53(38-39)62-52(30-17-35-59(62)67-58)61-46-24-3-7-28-50(46)64(51-29-8-4-25-47(51)61)66-56-33-15-11-20-42(56)43-21-12-16-34-57(43)66/h1-38H. The Bertz CT molecular complexity index is 4360. The zero-order valence-corrected chi connectivity index (χ0v) is 38.0. The van der Waals surface area contributed by atoms with Gasteiger partial charge in [0.15, 0.2) is 0 Å². The molecule has 3 heteroatoms. The van der Waals surface area contributed by atoms with E-state index in [0.29, 0.717) is 0 Å². The van der Waals surface area contributed by atoms with E-state index in [-0.39, 0.29) is 14.5 Å². The van der Waals surface area contributed by atoms with Crippen molar-refractivity contribution in [3.63, 3.8) is 0 Å². The Hall–Kier alpha value is -8.20. The quantitative estimate of drug-likeness (QED) is 0.123. The number of benzene rings is 12. The van der Waals surface area contributed by atoms with Gasteiger partial charge in [-0.15, -0.1) is 0 Å². The summed E-state index contributed by atoms with van der Waals surface area (Å²) in [5.41, 5.74) is 12.5. The molecule has 15 aromatic rings. The predicted molar refractivity (Wildman–Crippen MR) is 288 cm³/mol. The zero-order valence-electron chi connectivity index (χ0n) is 36.2. The number of para-hydroxylation sites is 4. The van der Waals surface area contributed by atoms with Gasteiger partial charge in [-0.3, -0.25) is 0 Å². The molecule has 0 aliphatic rings. The fourth-order valence-corrected chi connectivity index (χ4v) is 14.1. The summed E-state index contributed by atoms with van der Waals surface area (Å²) in [5.74, 6) is 0. The van der Waals surface area contributed by atoms with Gasteiger partial charge in [-0.05, 0) is 0 Å². The molecular weight excluding hydrogens is 876 g/mol. The van der Waals surface area contributed by atoms with Crippen LogP contribution in [-0.4, -0.2) is 23.6 Å². The molecule has 0 aliphatic carbocycles. The molecule has 0 fully saturated rings. The molecule has 0 unspecified atom stereocenters. The average Bonchev–Trinajstić information content (AvgIpc) is 4.05. The molecule has 0 aliphatic heterocycles. The summed E-state index contributed by atoms with van der Waals surface area (Å²) >= 11 is 0.165. The van der Waals surface area contributed by atoms with E-state index in [0.717, 1.165) is 0 Å². The first kappa shape index (κ1) is 37.1. The summed E-state index contributed by atoms with van der Waals surface area (Å²) in [6, 6.07) is 86.2. The number of hydrogen-bond donors (Lipinski definition) is 0. The van der Waals surface area contributed by atoms with Crippen LogP contribution in [0.25, 0.3) is 140 Å². The van der Waals surface area contributed by atoms with Gasteiger partial charge in [0.1, 0.15) is 0 Å². The third kappa shape index (κ3) is 5.16. The van der Waals surface area contributed by atoms with Gasteiger partial charge in [-0.25, -0.2) is 0 Å². The van der Waals surface area contributed by atoms with Crippen molar-refractivity contribution in [1.82, 2.24) is 9.13 Å². The number of aromatic nitrogens is 2. The van der Waals surface area contributed by atoms with Gasteiger partial charge in [0.05, 0.1) is 0 Å². The molecule has 0 atom stereocenters. The van der Waals surface area contributed by atoms with Crippen LogP contribution in [0.15, 0.2) is 231 Å². The normalized spacial score (nSPS) is 12.2. The summed E-state index contributed by atoms with van der Waals surface area (Å²) in [6.07, 6.45) is 0. The van der Waals surface area contributed by atoms with Gasteiger partial charge in [-0.2, -0.15) is 0 Å². The van der Waals surface area contributed by atoms with Crippen LogP contribution >= 0.6 is 0 Å². The van der Waals surface area contributed by atoms with Crippen molar-refractivity contribution in [3.05, 3.63) is 231 Å². The Labute approximate surface area is 391 Å². The summed E-state index contributed by atoms with van der Waals surface area (Å²) in [4.78, 5) is 0. The van der Waals surface area contributed by atoms with E-state index in [2.05, 4.69) is 240 Å². The zero-order chi connectivity index (χ0) is 43.7. The van der Waals surface area contributed by atoms with E-state index < -0.39 is 0 Å². The Kier molecular flexibility index (Phi) is 7.83. The molecule has 67 heavy (non-hydrogen) atoms. The number of nitrogens with zero attached hydrogens (tertiary/aromatic N) is 2. The molecule has 0 N–H and O–H groups in total. The van der Waals surface area contributed by atoms with Gasteiger partial charge < -0.3 is 0 Å². The van der Waals surface area contributed by atoms with Crippen LogP contribution < -0.4 is 0 Å². The van der Waals surface area contributed by atoms with E-state index in [1.54, 1.807) is 0 Å². The number of fused-ring (bicyclic) bond motifs is 13. The molecule has 0 saturated heterocycles. The van der Waals surface area contributed by atoms with Crippen molar-refractivity contribution >= 4 is 120 Å². The van der Waals surface area contributed by atoms with E-state index in [1.807, 2.05) is 0 Å². The van der Waals surface area contributed by atoms with Crippen LogP contribution in [0.1, 0.15) is 0 Å². The Morgan fingerprint density at radius 2 is 0.612 bits per heavy atom. The number of rotatable bonds is 4. The van der Waals surface area contributed by atoms with Crippen LogP contribution in [-0.2, 0) is 0 Å². The summed E-state index contributed by atoms with van der Waals surface area (Å²) < 4.78 is 7.90. The van der Waals surface area contributed by atoms with Crippen LogP contribution in [0.4, 0.5) is 0 Å². The first-order valence-electron chi connectivity index (χ1n) is 23.1. The summed E-state index contributed by atoms with van der Waals surface area (Å²) in [7, 11) is 0. The van der Waals surface area contributed by atoms with Crippen molar-refractivity contribution in [2.24, 2.45) is 0 Å². The molecule has 0 spiro atoms. The van der Waals surface area contributed by atoms with Gasteiger partial charge in [0.25, 0.3) is 0 Å². The van der Waals surface area contributed by atoms with Crippen LogP contribution in [0.2, 0.25) is 0 Å². The molecule has 2 nitrogen and oxygen atoms in total. The van der Waals surface area contributed by atoms with E-state index in [1.165, 1.54) is 140 Å². The Morgan fingerprint density at radius 3 is 1.03 bits per heavy atom. The Balaban J connectivity index is 1.01. The molecular formula is C64H38N2Se. The van der Waals surface area contributed by atoms with Crippen molar-refractivity contribution < 1.29 is 0 Å². The third-order valence-corrected chi connectivity index (χ3v) is 16.8. The van der Waals surface area contributed by atoms with Gasteiger partial charge >= 0.3 is 382 Å².